The third-order valence-electron chi connectivity index (χ3n) is 2.31. The smallest absolute Gasteiger partial charge is 0.416 e. The lowest BCUT2D eigenvalue weighted by atomic mass is 10.0. The molecule has 1 aromatic carbocycles. The number of carbonyl (C=O) groups is 1. The van der Waals surface area contributed by atoms with E-state index in [1.807, 2.05) is 13.8 Å². The summed E-state index contributed by atoms with van der Waals surface area (Å²) < 4.78 is 75.7. The number of carboxylic acids is 1. The summed E-state index contributed by atoms with van der Waals surface area (Å²) in [5.74, 6) is -1.96. The molecule has 0 amide bonds. The quantitative estimate of drug-likeness (QED) is 0.381. The van der Waals surface area contributed by atoms with Gasteiger partial charge in [0.05, 0.1) is 11.1 Å². The Hall–Kier alpha value is -2.85. The van der Waals surface area contributed by atoms with Crippen molar-refractivity contribution in [1.29, 1.82) is 5.41 Å². The van der Waals surface area contributed by atoms with Gasteiger partial charge in [0.2, 0.25) is 0 Å². The Balaban J connectivity index is 0. The van der Waals surface area contributed by atoms with E-state index in [1.54, 1.807) is 0 Å². The lowest BCUT2D eigenvalue weighted by molar-refractivity contribution is -0.143. The molecule has 152 valence electrons. The van der Waals surface area contributed by atoms with Gasteiger partial charge in [-0.3, -0.25) is 10.2 Å². The molecule has 0 aliphatic carbocycles. The van der Waals surface area contributed by atoms with Gasteiger partial charge < -0.3 is 10.8 Å². The predicted molar refractivity (Wildman–Crippen MR) is 89.8 cm³/mol. The summed E-state index contributed by atoms with van der Waals surface area (Å²) in [6, 6.07) is 0.770. The highest BCUT2D eigenvalue weighted by molar-refractivity contribution is 6.07. The van der Waals surface area contributed by atoms with E-state index in [-0.39, 0.29) is 11.9 Å². The fraction of sp³-hybridized carbons (Fsp3) is 0.312. The first-order chi connectivity index (χ1) is 12.2. The first-order valence-corrected chi connectivity index (χ1v) is 7.23. The number of rotatable bonds is 2. The zero-order valence-electron chi connectivity index (χ0n) is 14.7. The van der Waals surface area contributed by atoms with Crippen LogP contribution >= 0.6 is 0 Å². The molecule has 0 heterocycles. The minimum absolute atomic E-state index is 0.0304. The van der Waals surface area contributed by atoms with E-state index in [1.165, 1.54) is 0 Å². The van der Waals surface area contributed by atoms with Gasteiger partial charge in [-0.1, -0.05) is 20.4 Å². The summed E-state index contributed by atoms with van der Waals surface area (Å²) in [7, 11) is 0. The molecular formula is C16H19F6N3O2. The molecule has 0 fully saturated rings. The summed E-state index contributed by atoms with van der Waals surface area (Å²) in [5, 5.41) is 14.8. The van der Waals surface area contributed by atoms with E-state index in [4.69, 9.17) is 21.0 Å². The molecule has 0 bridgehead atoms. The molecule has 1 rings (SSSR count). The molecule has 0 aliphatic rings. The molecule has 4 N–H and O–H groups in total. The molecule has 5 nitrogen and oxygen atoms in total. The van der Waals surface area contributed by atoms with Crippen LogP contribution in [0.25, 0.3) is 0 Å². The van der Waals surface area contributed by atoms with E-state index in [9.17, 15) is 26.3 Å². The van der Waals surface area contributed by atoms with Gasteiger partial charge >= 0.3 is 12.4 Å². The topological polar surface area (TPSA) is 99.5 Å². The maximum Gasteiger partial charge on any atom is 0.416 e. The minimum Gasteiger partial charge on any atom is -0.481 e. The van der Waals surface area contributed by atoms with Crippen LogP contribution in [0.1, 0.15) is 37.5 Å². The highest BCUT2D eigenvalue weighted by Gasteiger charge is 2.37. The molecule has 0 unspecified atom stereocenters. The van der Waals surface area contributed by atoms with Gasteiger partial charge in [-0.25, -0.2) is 4.99 Å². The van der Waals surface area contributed by atoms with Crippen LogP contribution in [-0.4, -0.2) is 22.7 Å². The number of carboxylic acid groups (broad SMARTS) is 1. The van der Waals surface area contributed by atoms with Crippen LogP contribution in [0.5, 0.6) is 0 Å². The number of hydrogen-bond donors (Lipinski definition) is 3. The van der Waals surface area contributed by atoms with Crippen molar-refractivity contribution >= 4 is 17.6 Å². The fourth-order valence-corrected chi connectivity index (χ4v) is 1.33. The second kappa shape index (κ2) is 11.0. The van der Waals surface area contributed by atoms with Crippen LogP contribution in [0.3, 0.4) is 0 Å². The van der Waals surface area contributed by atoms with Crippen molar-refractivity contribution < 1.29 is 36.2 Å². The highest BCUT2D eigenvalue weighted by atomic mass is 19.4. The number of aliphatic carboxylic acids is 1. The fourth-order valence-electron chi connectivity index (χ4n) is 1.33. The number of hydrogen-bond acceptors (Lipinski definition) is 2. The van der Waals surface area contributed by atoms with Gasteiger partial charge in [0.1, 0.15) is 5.84 Å². The molecule has 1 aromatic rings. The summed E-state index contributed by atoms with van der Waals surface area (Å²) in [6.07, 6.45) is -8.96. The number of aliphatic imine (C=N–C) groups is 1. The Labute approximate surface area is 151 Å². The Bertz CT molecular complexity index is 658. The van der Waals surface area contributed by atoms with Crippen LogP contribution in [0.15, 0.2) is 35.8 Å². The monoisotopic (exact) mass is 399 g/mol. The molecule has 0 saturated carbocycles. The first kappa shape index (κ1) is 26.4. The number of nitrogens with one attached hydrogen (secondary N) is 1. The lowest BCUT2D eigenvalue weighted by Gasteiger charge is -2.13. The van der Waals surface area contributed by atoms with E-state index < -0.39 is 40.8 Å². The van der Waals surface area contributed by atoms with Gasteiger partial charge in [0.25, 0.3) is 5.97 Å². The molecule has 11 heteroatoms. The van der Waals surface area contributed by atoms with Crippen LogP contribution in [0, 0.1) is 5.41 Å². The number of alkyl halides is 6. The average Bonchev–Trinajstić information content (AvgIpc) is 2.54. The number of halogens is 6. The van der Waals surface area contributed by atoms with E-state index in [2.05, 4.69) is 11.6 Å². The van der Waals surface area contributed by atoms with Crippen molar-refractivity contribution in [1.82, 2.24) is 0 Å². The number of nitrogens with two attached hydrogens (primary N) is 1. The van der Waals surface area contributed by atoms with Crippen molar-refractivity contribution in [3.63, 3.8) is 0 Å². The highest BCUT2D eigenvalue weighted by Crippen LogP contribution is 2.36. The van der Waals surface area contributed by atoms with Crippen LogP contribution in [0.2, 0.25) is 0 Å². The number of benzene rings is 1. The van der Waals surface area contributed by atoms with Crippen molar-refractivity contribution in [2.24, 2.45) is 10.7 Å². The second-order valence-electron chi connectivity index (χ2n) is 4.40. The van der Waals surface area contributed by atoms with Gasteiger partial charge in [-0.05, 0) is 24.3 Å². The SMILES string of the molecule is C=CC(N)=NC(=N)c1cc(C(F)(F)F)cc(C(F)(F)F)c1.CC.CC(=O)O. The third-order valence-corrected chi connectivity index (χ3v) is 2.31. The predicted octanol–water partition coefficient (Wildman–Crippen LogP) is 4.71. The Morgan fingerprint density at radius 3 is 1.70 bits per heavy atom. The zero-order chi connectivity index (χ0) is 22.0. The largest absolute Gasteiger partial charge is 0.481 e. The maximum absolute atomic E-state index is 12.6. The van der Waals surface area contributed by atoms with Gasteiger partial charge in [0.15, 0.2) is 5.84 Å². The molecule has 0 spiro atoms. The molecule has 0 saturated heterocycles. The summed E-state index contributed by atoms with van der Waals surface area (Å²) in [6.45, 7) is 8.29. The van der Waals surface area contributed by atoms with Crippen molar-refractivity contribution in [2.75, 3.05) is 0 Å². The third kappa shape index (κ3) is 10.7. The van der Waals surface area contributed by atoms with Crippen molar-refractivity contribution in [2.45, 2.75) is 33.1 Å². The lowest BCUT2D eigenvalue weighted by Crippen LogP contribution is -2.15. The zero-order valence-corrected chi connectivity index (χ0v) is 14.7. The number of nitrogens with zero attached hydrogens (tertiary/aromatic N) is 1. The minimum atomic E-state index is -4.98. The molecule has 27 heavy (non-hydrogen) atoms. The maximum atomic E-state index is 12.6. The van der Waals surface area contributed by atoms with E-state index >= 15 is 0 Å². The summed E-state index contributed by atoms with van der Waals surface area (Å²) in [5.41, 5.74) is 1.51. The van der Waals surface area contributed by atoms with Crippen LogP contribution in [-0.2, 0) is 17.1 Å². The van der Waals surface area contributed by atoms with Gasteiger partial charge in [-0.15, -0.1) is 0 Å². The standard InChI is InChI=1S/C12H9F6N3.C2H4O2.C2H6/c1-2-9(19)21-10(20)6-3-7(11(13,14)15)5-8(4-6)12(16,17)18;1-2(3)4;1-2/h2-5H,1H2,(H3,19,20,21);1H3,(H,3,4);1-2H3. The van der Waals surface area contributed by atoms with Crippen molar-refractivity contribution in [3.8, 4) is 0 Å². The average molecular weight is 399 g/mol. The van der Waals surface area contributed by atoms with E-state index in [0.717, 1.165) is 13.0 Å². The Morgan fingerprint density at radius 2 is 1.44 bits per heavy atom. The van der Waals surface area contributed by atoms with Crippen LogP contribution < -0.4 is 5.73 Å². The molecule has 0 radical (unpaired) electrons. The summed E-state index contributed by atoms with van der Waals surface area (Å²) >= 11 is 0. The Morgan fingerprint density at radius 1 is 1.11 bits per heavy atom. The molecule has 0 atom stereocenters. The number of amidine groups is 2. The second-order valence-corrected chi connectivity index (χ2v) is 4.40. The van der Waals surface area contributed by atoms with Crippen LogP contribution in [0.4, 0.5) is 26.3 Å². The van der Waals surface area contributed by atoms with E-state index in [0.29, 0.717) is 12.1 Å². The normalized spacial score (nSPS) is 11.4. The summed E-state index contributed by atoms with van der Waals surface area (Å²) in [4.78, 5) is 12.3. The van der Waals surface area contributed by atoms with Gasteiger partial charge in [0, 0.05) is 12.5 Å². The first-order valence-electron chi connectivity index (χ1n) is 7.23. The molecule has 0 aromatic heterocycles. The Kier molecular flexibility index (Phi) is 10.7. The molecule has 0 aliphatic heterocycles. The molecular weight excluding hydrogens is 380 g/mol. The van der Waals surface area contributed by atoms with Gasteiger partial charge in [-0.2, -0.15) is 26.3 Å². The van der Waals surface area contributed by atoms with Crippen molar-refractivity contribution in [3.05, 3.63) is 47.5 Å².